The van der Waals surface area contributed by atoms with Gasteiger partial charge in [0, 0.05) is 31.6 Å². The highest BCUT2D eigenvalue weighted by atomic mass is 29.9. The summed E-state index contributed by atoms with van der Waals surface area (Å²) >= 11 is 0. The van der Waals surface area contributed by atoms with Gasteiger partial charge >= 0.3 is 0 Å². The van der Waals surface area contributed by atoms with Gasteiger partial charge in [0.2, 0.25) is 0 Å². The summed E-state index contributed by atoms with van der Waals surface area (Å²) < 4.78 is 0. The normalized spacial score (nSPS) is 19.5. The first-order valence-corrected chi connectivity index (χ1v) is 23.1. The Kier molecular flexibility index (Phi) is 5.68. The molecule has 0 unspecified atom stereocenters. The molecule has 0 spiro atoms. The fourth-order valence-corrected chi connectivity index (χ4v) is 72.5. The summed E-state index contributed by atoms with van der Waals surface area (Å²) in [4.78, 5) is 0. The molecule has 116 valence electrons. The van der Waals surface area contributed by atoms with Crippen LogP contribution < -0.4 is 0 Å². The van der Waals surface area contributed by atoms with E-state index in [2.05, 4.69) is 87.9 Å². The highest BCUT2D eigenvalue weighted by molar-refractivity contribution is 7.79. The van der Waals surface area contributed by atoms with Gasteiger partial charge in [-0.05, 0) is 17.4 Å². The van der Waals surface area contributed by atoms with Crippen molar-refractivity contribution < 1.29 is 0 Å². The summed E-state index contributed by atoms with van der Waals surface area (Å²) in [6, 6.07) is 0. The van der Waals surface area contributed by atoms with Crippen molar-refractivity contribution in [3.63, 3.8) is 0 Å². The van der Waals surface area contributed by atoms with E-state index in [1.807, 2.05) is 0 Å². The zero-order valence-electron chi connectivity index (χ0n) is 14.6. The van der Waals surface area contributed by atoms with E-state index in [4.69, 9.17) is 0 Å². The molecular formula is C17H32Si4. The van der Waals surface area contributed by atoms with E-state index in [0.717, 1.165) is 17.4 Å². The lowest BCUT2D eigenvalue weighted by atomic mass is 9.96. The fraction of sp³-hybridized carbons (Fsp3) is 0.529. The second kappa shape index (κ2) is 6.94. The van der Waals surface area contributed by atoms with Crippen LogP contribution in [-0.2, 0) is 0 Å². The van der Waals surface area contributed by atoms with Crippen LogP contribution in [0.15, 0.2) is 48.6 Å². The first-order chi connectivity index (χ1) is 9.92. The second-order valence-corrected chi connectivity index (χ2v) is 42.7. The molecule has 0 aromatic heterocycles. The highest BCUT2D eigenvalue weighted by Gasteiger charge is 2.53. The molecule has 0 bridgehead atoms. The lowest BCUT2D eigenvalue weighted by molar-refractivity contribution is 0.625. The molecule has 2 rings (SSSR count). The summed E-state index contributed by atoms with van der Waals surface area (Å²) in [6.45, 7) is 15.1. The molecule has 0 saturated heterocycles. The number of hydrogen-bond acceptors (Lipinski definition) is 0. The van der Waals surface area contributed by atoms with Gasteiger partial charge < -0.3 is 0 Å². The maximum Gasteiger partial charge on any atom is 0.0325 e. The molecule has 0 nitrogen and oxygen atoms in total. The Hall–Kier alpha value is -0.172. The molecule has 0 aromatic carbocycles. The maximum atomic E-state index is 2.70. The third-order valence-corrected chi connectivity index (χ3v) is 71.4. The first-order valence-electron chi connectivity index (χ1n) is 8.62. The molecule has 0 fully saturated rings. The zero-order chi connectivity index (χ0) is 15.6. The van der Waals surface area contributed by atoms with Crippen molar-refractivity contribution in [1.29, 1.82) is 0 Å². The Morgan fingerprint density at radius 3 is 1.14 bits per heavy atom. The zero-order valence-corrected chi connectivity index (χ0v) is 19.0. The van der Waals surface area contributed by atoms with Crippen LogP contribution in [0.5, 0.6) is 0 Å². The van der Waals surface area contributed by atoms with Crippen LogP contribution in [0.4, 0.5) is 0 Å². The van der Waals surface area contributed by atoms with Gasteiger partial charge in [0.25, 0.3) is 0 Å². The Bertz CT molecular complexity index is 397. The minimum atomic E-state index is -1.08. The predicted octanol–water partition coefficient (Wildman–Crippen LogP) is 3.99. The third-order valence-electron chi connectivity index (χ3n) is 5.96. The number of rotatable bonds is 6. The van der Waals surface area contributed by atoms with Gasteiger partial charge in [0.1, 0.15) is 0 Å². The van der Waals surface area contributed by atoms with Gasteiger partial charge in [-0.2, -0.15) is 0 Å². The van der Waals surface area contributed by atoms with E-state index in [1.54, 1.807) is 0 Å². The topological polar surface area (TPSA) is 0 Å². The average Bonchev–Trinajstić information content (AvgIpc) is 3.07. The van der Waals surface area contributed by atoms with Gasteiger partial charge in [-0.3, -0.25) is 0 Å². The molecule has 0 radical (unpaired) electrons. The summed E-state index contributed by atoms with van der Waals surface area (Å²) in [5.41, 5.74) is 0.965. The van der Waals surface area contributed by atoms with Gasteiger partial charge in [-0.25, -0.2) is 0 Å². The maximum absolute atomic E-state index is 2.70. The Labute approximate surface area is 136 Å². The Morgan fingerprint density at radius 2 is 0.905 bits per heavy atom. The van der Waals surface area contributed by atoms with Crippen molar-refractivity contribution in [2.75, 3.05) is 0 Å². The van der Waals surface area contributed by atoms with Crippen LogP contribution in [-0.4, -0.2) is 31.6 Å². The standard InChI is InChI=1S/C17H32Si4/c1-18(2)21(19(3)4,20(5)6)17(15-11-7-8-12-15)16-13-9-10-14-16/h7-20H,1-6H3. The summed E-state index contributed by atoms with van der Waals surface area (Å²) in [5.74, 6) is 1.46. The number of allylic oxidation sites excluding steroid dienone is 8. The van der Waals surface area contributed by atoms with Gasteiger partial charge in [-0.15, -0.1) is 0 Å². The second-order valence-electron chi connectivity index (χ2n) is 7.68. The first kappa shape index (κ1) is 17.2. The van der Waals surface area contributed by atoms with Crippen molar-refractivity contribution in [2.24, 2.45) is 11.8 Å². The molecular weight excluding hydrogens is 317 g/mol. The van der Waals surface area contributed by atoms with Crippen molar-refractivity contribution >= 4 is 31.6 Å². The van der Waals surface area contributed by atoms with Crippen LogP contribution in [0.1, 0.15) is 0 Å². The monoisotopic (exact) mass is 348 g/mol. The quantitative estimate of drug-likeness (QED) is 0.637. The molecule has 21 heavy (non-hydrogen) atoms. The molecule has 0 N–H and O–H groups in total. The molecule has 0 aromatic rings. The van der Waals surface area contributed by atoms with Gasteiger partial charge in [0.05, 0.1) is 0 Å². The van der Waals surface area contributed by atoms with Crippen molar-refractivity contribution in [3.8, 4) is 0 Å². The third kappa shape index (κ3) is 3.00. The van der Waals surface area contributed by atoms with E-state index in [1.165, 1.54) is 0 Å². The molecule has 4 heteroatoms. The Morgan fingerprint density at radius 1 is 0.619 bits per heavy atom. The molecule has 0 amide bonds. The minimum absolute atomic E-state index is 0.581. The molecule has 2 aliphatic rings. The Balaban J connectivity index is 2.53. The smallest absolute Gasteiger partial charge is 0.0325 e. The fourth-order valence-electron chi connectivity index (χ4n) is 5.45. The van der Waals surface area contributed by atoms with E-state index >= 15 is 0 Å². The van der Waals surface area contributed by atoms with Crippen molar-refractivity contribution in [2.45, 2.75) is 44.8 Å². The summed E-state index contributed by atoms with van der Waals surface area (Å²) in [5, 5.41) is 0. The average molecular weight is 349 g/mol. The van der Waals surface area contributed by atoms with Crippen molar-refractivity contribution in [1.82, 2.24) is 0 Å². The van der Waals surface area contributed by atoms with Crippen molar-refractivity contribution in [3.05, 3.63) is 48.6 Å². The molecule has 0 aliphatic heterocycles. The van der Waals surface area contributed by atoms with Gasteiger partial charge in [0.15, 0.2) is 0 Å². The lowest BCUT2D eigenvalue weighted by Crippen LogP contribution is -2.71. The molecule has 2 aliphatic carbocycles. The highest BCUT2D eigenvalue weighted by Crippen LogP contribution is 2.45. The number of hydrogen-bond donors (Lipinski definition) is 0. The summed E-state index contributed by atoms with van der Waals surface area (Å²) in [7, 11) is -1.74. The van der Waals surface area contributed by atoms with E-state index in [9.17, 15) is 0 Å². The molecule has 0 atom stereocenters. The summed E-state index contributed by atoms with van der Waals surface area (Å²) in [6.07, 6.45) is 19.2. The predicted molar refractivity (Wildman–Crippen MR) is 110 cm³/mol. The van der Waals surface area contributed by atoms with E-state index in [0.29, 0.717) is 0 Å². The van der Waals surface area contributed by atoms with E-state index in [-0.39, 0.29) is 0 Å². The lowest BCUT2D eigenvalue weighted by Gasteiger charge is -2.51. The van der Waals surface area contributed by atoms with Crippen LogP contribution >= 0.6 is 0 Å². The minimum Gasteiger partial charge on any atom is -0.0776 e. The van der Waals surface area contributed by atoms with Crippen LogP contribution in [0.25, 0.3) is 0 Å². The molecule has 0 saturated carbocycles. The van der Waals surface area contributed by atoms with Crippen LogP contribution in [0.2, 0.25) is 44.8 Å². The van der Waals surface area contributed by atoms with Crippen LogP contribution in [0, 0.1) is 11.8 Å². The largest absolute Gasteiger partial charge is 0.0776 e. The van der Waals surface area contributed by atoms with Crippen LogP contribution in [0.3, 0.4) is 0 Å². The molecule has 0 heterocycles. The van der Waals surface area contributed by atoms with Gasteiger partial charge in [-0.1, -0.05) is 87.9 Å². The van der Waals surface area contributed by atoms with E-state index < -0.39 is 31.6 Å². The SMILES string of the molecule is C[SiH](C)[Si](C(C1C=CC=C1)C1C=CC=C1)([SiH](C)C)[SiH](C)C.